The van der Waals surface area contributed by atoms with Crippen molar-refractivity contribution in [1.29, 1.82) is 0 Å². The lowest BCUT2D eigenvalue weighted by atomic mass is 10.1. The third-order valence-electron chi connectivity index (χ3n) is 3.78. The van der Waals surface area contributed by atoms with Gasteiger partial charge in [0.25, 0.3) is 5.91 Å². The summed E-state index contributed by atoms with van der Waals surface area (Å²) in [6.45, 7) is 1.94. The molecule has 1 amide bonds. The minimum atomic E-state index is -0.980. The molecule has 0 spiro atoms. The van der Waals surface area contributed by atoms with Crippen LogP contribution in [0.5, 0.6) is 0 Å². The minimum Gasteiger partial charge on any atom is -0.480 e. The molecular weight excluding hydrogens is 266 g/mol. The van der Waals surface area contributed by atoms with Crippen molar-refractivity contribution in [3.05, 3.63) is 65.2 Å². The van der Waals surface area contributed by atoms with E-state index >= 15 is 0 Å². The monoisotopic (exact) mass is 281 g/mol. The van der Waals surface area contributed by atoms with Crippen molar-refractivity contribution in [2.75, 3.05) is 4.90 Å². The average Bonchev–Trinajstić information content (AvgIpc) is 2.87. The molecule has 0 fully saturated rings. The van der Waals surface area contributed by atoms with E-state index in [0.29, 0.717) is 17.7 Å². The van der Waals surface area contributed by atoms with Crippen molar-refractivity contribution in [1.82, 2.24) is 0 Å². The third-order valence-corrected chi connectivity index (χ3v) is 3.78. The van der Waals surface area contributed by atoms with E-state index in [0.717, 1.165) is 11.1 Å². The van der Waals surface area contributed by atoms with Crippen LogP contribution in [0.15, 0.2) is 48.5 Å². The Hall–Kier alpha value is -2.62. The van der Waals surface area contributed by atoms with Crippen molar-refractivity contribution < 1.29 is 14.7 Å². The Bertz CT molecular complexity index is 706. The van der Waals surface area contributed by atoms with Gasteiger partial charge in [-0.25, -0.2) is 4.79 Å². The van der Waals surface area contributed by atoms with E-state index in [4.69, 9.17) is 0 Å². The largest absolute Gasteiger partial charge is 0.480 e. The number of anilines is 1. The second kappa shape index (κ2) is 5.05. The number of amides is 1. The fourth-order valence-electron chi connectivity index (χ4n) is 2.67. The zero-order chi connectivity index (χ0) is 15.0. The van der Waals surface area contributed by atoms with Crippen molar-refractivity contribution in [3.8, 4) is 0 Å². The SMILES string of the molecule is Cc1ccc(C(=O)N2c3ccccc3C[C@H]2C(=O)O)cc1. The van der Waals surface area contributed by atoms with Gasteiger partial charge < -0.3 is 5.11 Å². The molecule has 0 aliphatic carbocycles. The van der Waals surface area contributed by atoms with Crippen LogP contribution in [0.3, 0.4) is 0 Å². The van der Waals surface area contributed by atoms with E-state index in [-0.39, 0.29) is 5.91 Å². The number of benzene rings is 2. The number of carbonyl (C=O) groups excluding carboxylic acids is 1. The number of hydrogen-bond donors (Lipinski definition) is 1. The van der Waals surface area contributed by atoms with Crippen LogP contribution in [0, 0.1) is 6.92 Å². The van der Waals surface area contributed by atoms with Gasteiger partial charge >= 0.3 is 5.97 Å². The van der Waals surface area contributed by atoms with E-state index in [1.807, 2.05) is 37.3 Å². The molecule has 2 aromatic carbocycles. The zero-order valence-electron chi connectivity index (χ0n) is 11.6. The summed E-state index contributed by atoms with van der Waals surface area (Å²) in [6.07, 6.45) is 0.350. The van der Waals surface area contributed by atoms with Crippen LogP contribution in [0.4, 0.5) is 5.69 Å². The Labute approximate surface area is 122 Å². The molecule has 0 saturated carbocycles. The molecule has 0 bridgehead atoms. The first-order chi connectivity index (χ1) is 10.1. The maximum atomic E-state index is 12.7. The molecule has 0 unspecified atom stereocenters. The normalized spacial score (nSPS) is 16.6. The molecular formula is C17H15NO3. The smallest absolute Gasteiger partial charge is 0.327 e. The number of aryl methyl sites for hydroxylation is 1. The lowest BCUT2D eigenvalue weighted by Gasteiger charge is -2.22. The van der Waals surface area contributed by atoms with Crippen molar-refractivity contribution in [2.24, 2.45) is 0 Å². The van der Waals surface area contributed by atoms with Gasteiger partial charge in [0.05, 0.1) is 0 Å². The summed E-state index contributed by atoms with van der Waals surface area (Å²) in [5.74, 6) is -1.25. The van der Waals surface area contributed by atoms with Gasteiger partial charge in [0.2, 0.25) is 0 Å². The standard InChI is InChI=1S/C17H15NO3/c1-11-6-8-12(9-7-11)16(19)18-14-5-3-2-4-13(14)10-15(18)17(20)21/h2-9,15H,10H2,1H3,(H,20,21)/t15-/m0/s1. The molecule has 21 heavy (non-hydrogen) atoms. The highest BCUT2D eigenvalue weighted by Crippen LogP contribution is 2.33. The second-order valence-electron chi connectivity index (χ2n) is 5.23. The van der Waals surface area contributed by atoms with Gasteiger partial charge in [-0.1, -0.05) is 35.9 Å². The quantitative estimate of drug-likeness (QED) is 0.920. The molecule has 4 nitrogen and oxygen atoms in total. The number of carboxylic acids is 1. The lowest BCUT2D eigenvalue weighted by molar-refractivity contribution is -0.138. The molecule has 1 heterocycles. The number of hydrogen-bond acceptors (Lipinski definition) is 2. The number of aliphatic carboxylic acids is 1. The van der Waals surface area contributed by atoms with E-state index in [1.165, 1.54) is 4.90 Å². The molecule has 0 saturated heterocycles. The predicted molar refractivity (Wildman–Crippen MR) is 79.6 cm³/mol. The molecule has 2 aromatic rings. The fraction of sp³-hybridized carbons (Fsp3) is 0.176. The Morgan fingerprint density at radius 1 is 1.10 bits per heavy atom. The highest BCUT2D eigenvalue weighted by Gasteiger charge is 2.38. The number of carboxylic acid groups (broad SMARTS) is 1. The van der Waals surface area contributed by atoms with Gasteiger partial charge in [-0.2, -0.15) is 0 Å². The maximum absolute atomic E-state index is 12.7. The van der Waals surface area contributed by atoms with E-state index in [2.05, 4.69) is 0 Å². The molecule has 1 aliphatic rings. The first-order valence-corrected chi connectivity index (χ1v) is 6.79. The van der Waals surface area contributed by atoms with Crippen LogP contribution in [0.2, 0.25) is 0 Å². The van der Waals surface area contributed by atoms with Gasteiger partial charge in [0.1, 0.15) is 6.04 Å². The summed E-state index contributed by atoms with van der Waals surface area (Å²) in [4.78, 5) is 25.6. The van der Waals surface area contributed by atoms with Gasteiger partial charge in [-0.05, 0) is 30.7 Å². The fourth-order valence-corrected chi connectivity index (χ4v) is 2.67. The van der Waals surface area contributed by atoms with Crippen molar-refractivity contribution >= 4 is 17.6 Å². The summed E-state index contributed by atoms with van der Waals surface area (Å²) < 4.78 is 0. The summed E-state index contributed by atoms with van der Waals surface area (Å²) >= 11 is 0. The summed E-state index contributed by atoms with van der Waals surface area (Å²) in [7, 11) is 0. The highest BCUT2D eigenvalue weighted by molar-refractivity contribution is 6.10. The van der Waals surface area contributed by atoms with Crippen LogP contribution in [0.1, 0.15) is 21.5 Å². The molecule has 106 valence electrons. The molecule has 1 atom stereocenters. The Morgan fingerprint density at radius 3 is 2.43 bits per heavy atom. The summed E-state index contributed by atoms with van der Waals surface area (Å²) in [5.41, 5.74) is 3.15. The summed E-state index contributed by atoms with van der Waals surface area (Å²) in [5, 5.41) is 9.40. The Kier molecular flexibility index (Phi) is 3.22. The molecule has 3 rings (SSSR count). The lowest BCUT2D eigenvalue weighted by Crippen LogP contribution is -2.42. The number of rotatable bonds is 2. The van der Waals surface area contributed by atoms with E-state index in [1.54, 1.807) is 18.2 Å². The molecule has 1 N–H and O–H groups in total. The molecule has 1 aliphatic heterocycles. The number of carbonyl (C=O) groups is 2. The zero-order valence-corrected chi connectivity index (χ0v) is 11.6. The van der Waals surface area contributed by atoms with Gasteiger partial charge in [0.15, 0.2) is 0 Å². The second-order valence-corrected chi connectivity index (χ2v) is 5.23. The predicted octanol–water partition coefficient (Wildman–Crippen LogP) is 2.65. The summed E-state index contributed by atoms with van der Waals surface area (Å²) in [6, 6.07) is 13.7. The number of para-hydroxylation sites is 1. The van der Waals surface area contributed by atoms with E-state index in [9.17, 15) is 14.7 Å². The van der Waals surface area contributed by atoms with Gasteiger partial charge in [-0.15, -0.1) is 0 Å². The van der Waals surface area contributed by atoms with Crippen LogP contribution >= 0.6 is 0 Å². The van der Waals surface area contributed by atoms with Crippen molar-refractivity contribution in [2.45, 2.75) is 19.4 Å². The first-order valence-electron chi connectivity index (χ1n) is 6.79. The van der Waals surface area contributed by atoms with Crippen LogP contribution in [-0.4, -0.2) is 23.0 Å². The third kappa shape index (κ3) is 2.29. The maximum Gasteiger partial charge on any atom is 0.327 e. The molecule has 0 aromatic heterocycles. The minimum absolute atomic E-state index is 0.271. The van der Waals surface area contributed by atoms with Crippen LogP contribution < -0.4 is 4.90 Å². The average molecular weight is 281 g/mol. The first kappa shape index (κ1) is 13.4. The van der Waals surface area contributed by atoms with Crippen LogP contribution in [0.25, 0.3) is 0 Å². The van der Waals surface area contributed by atoms with Gasteiger partial charge in [-0.3, -0.25) is 9.69 Å². The van der Waals surface area contributed by atoms with E-state index < -0.39 is 12.0 Å². The number of fused-ring (bicyclic) bond motifs is 1. The van der Waals surface area contributed by atoms with Crippen molar-refractivity contribution in [3.63, 3.8) is 0 Å². The highest BCUT2D eigenvalue weighted by atomic mass is 16.4. The molecule has 0 radical (unpaired) electrons. The topological polar surface area (TPSA) is 57.6 Å². The Balaban J connectivity index is 2.03. The van der Waals surface area contributed by atoms with Crippen LogP contribution in [-0.2, 0) is 11.2 Å². The van der Waals surface area contributed by atoms with Gasteiger partial charge in [0, 0.05) is 17.7 Å². The number of nitrogens with zero attached hydrogens (tertiary/aromatic N) is 1. The molecule has 4 heteroatoms. The Morgan fingerprint density at radius 2 is 1.76 bits per heavy atom.